The highest BCUT2D eigenvalue weighted by Crippen LogP contribution is 2.23. The molecule has 0 aliphatic heterocycles. The molecule has 18 heavy (non-hydrogen) atoms. The molecular formula is C14H22N2O2. The van der Waals surface area contributed by atoms with E-state index in [0.717, 1.165) is 22.4 Å². The SMILES string of the molecule is COc1cc(C)cc(C)c1CNC(=O)C(C)CN. The number of hydrogen-bond donors (Lipinski definition) is 2. The van der Waals surface area contributed by atoms with Crippen molar-refractivity contribution in [3.05, 3.63) is 28.8 Å². The van der Waals surface area contributed by atoms with Crippen molar-refractivity contribution in [1.82, 2.24) is 5.32 Å². The lowest BCUT2D eigenvalue weighted by Crippen LogP contribution is -2.33. The first-order valence-corrected chi connectivity index (χ1v) is 6.11. The Bertz CT molecular complexity index is 430. The van der Waals surface area contributed by atoms with Crippen LogP contribution in [0.1, 0.15) is 23.6 Å². The zero-order valence-electron chi connectivity index (χ0n) is 11.5. The molecule has 1 aromatic carbocycles. The highest BCUT2D eigenvalue weighted by Gasteiger charge is 2.13. The maximum Gasteiger partial charge on any atom is 0.224 e. The first-order valence-electron chi connectivity index (χ1n) is 6.11. The fourth-order valence-electron chi connectivity index (χ4n) is 1.82. The summed E-state index contributed by atoms with van der Waals surface area (Å²) in [7, 11) is 1.64. The molecule has 1 rings (SSSR count). The minimum Gasteiger partial charge on any atom is -0.496 e. The second kappa shape index (κ2) is 6.40. The Balaban J connectivity index is 2.81. The average molecular weight is 250 g/mol. The van der Waals surface area contributed by atoms with Gasteiger partial charge >= 0.3 is 0 Å². The molecule has 3 N–H and O–H groups in total. The number of rotatable bonds is 5. The first kappa shape index (κ1) is 14.5. The Labute approximate surface area is 109 Å². The van der Waals surface area contributed by atoms with Gasteiger partial charge < -0.3 is 15.8 Å². The number of carbonyl (C=O) groups excluding carboxylic acids is 1. The Morgan fingerprint density at radius 1 is 1.44 bits per heavy atom. The molecular weight excluding hydrogens is 228 g/mol. The zero-order chi connectivity index (χ0) is 13.7. The number of benzene rings is 1. The molecule has 4 nitrogen and oxygen atoms in total. The summed E-state index contributed by atoms with van der Waals surface area (Å²) in [6.07, 6.45) is 0. The zero-order valence-corrected chi connectivity index (χ0v) is 11.5. The lowest BCUT2D eigenvalue weighted by atomic mass is 10.0. The topological polar surface area (TPSA) is 64.3 Å². The number of nitrogens with two attached hydrogens (primary N) is 1. The van der Waals surface area contributed by atoms with Crippen LogP contribution in [0.2, 0.25) is 0 Å². The maximum atomic E-state index is 11.7. The predicted molar refractivity (Wildman–Crippen MR) is 72.5 cm³/mol. The van der Waals surface area contributed by atoms with Crippen molar-refractivity contribution in [2.24, 2.45) is 11.7 Å². The predicted octanol–water partition coefficient (Wildman–Crippen LogP) is 1.52. The summed E-state index contributed by atoms with van der Waals surface area (Å²) in [6.45, 7) is 6.68. The molecule has 0 saturated heterocycles. The van der Waals surface area contributed by atoms with Crippen LogP contribution >= 0.6 is 0 Å². The second-order valence-electron chi connectivity index (χ2n) is 4.62. The molecule has 0 radical (unpaired) electrons. The first-order chi connectivity index (χ1) is 8.49. The van der Waals surface area contributed by atoms with Crippen molar-refractivity contribution >= 4 is 5.91 Å². The molecule has 4 heteroatoms. The molecule has 0 aromatic heterocycles. The van der Waals surface area contributed by atoms with Crippen LogP contribution in [0.3, 0.4) is 0 Å². The summed E-state index contributed by atoms with van der Waals surface area (Å²) in [6, 6.07) is 4.05. The number of methoxy groups -OCH3 is 1. The number of amides is 1. The molecule has 1 atom stereocenters. The van der Waals surface area contributed by atoms with Gasteiger partial charge in [0.15, 0.2) is 0 Å². The van der Waals surface area contributed by atoms with E-state index in [2.05, 4.69) is 11.4 Å². The van der Waals surface area contributed by atoms with Gasteiger partial charge in [-0.2, -0.15) is 0 Å². The summed E-state index contributed by atoms with van der Waals surface area (Å²) >= 11 is 0. The lowest BCUT2D eigenvalue weighted by molar-refractivity contribution is -0.124. The van der Waals surface area contributed by atoms with Crippen LogP contribution in [0.25, 0.3) is 0 Å². The van der Waals surface area contributed by atoms with E-state index >= 15 is 0 Å². The van der Waals surface area contributed by atoms with Gasteiger partial charge in [0.25, 0.3) is 0 Å². The van der Waals surface area contributed by atoms with Crippen LogP contribution in [0.4, 0.5) is 0 Å². The van der Waals surface area contributed by atoms with E-state index in [1.165, 1.54) is 0 Å². The third-order valence-electron chi connectivity index (χ3n) is 3.04. The van der Waals surface area contributed by atoms with Crippen molar-refractivity contribution in [2.75, 3.05) is 13.7 Å². The highest BCUT2D eigenvalue weighted by molar-refractivity contribution is 5.78. The van der Waals surface area contributed by atoms with E-state index in [4.69, 9.17) is 10.5 Å². The number of carbonyl (C=O) groups is 1. The molecule has 0 heterocycles. The van der Waals surface area contributed by atoms with E-state index in [0.29, 0.717) is 13.1 Å². The van der Waals surface area contributed by atoms with E-state index in [-0.39, 0.29) is 11.8 Å². The molecule has 1 aromatic rings. The van der Waals surface area contributed by atoms with E-state index < -0.39 is 0 Å². The van der Waals surface area contributed by atoms with Gasteiger partial charge in [-0.1, -0.05) is 13.0 Å². The van der Waals surface area contributed by atoms with Crippen molar-refractivity contribution in [2.45, 2.75) is 27.3 Å². The number of ether oxygens (including phenoxy) is 1. The molecule has 0 saturated carbocycles. The average Bonchev–Trinajstić information content (AvgIpc) is 2.35. The smallest absolute Gasteiger partial charge is 0.224 e. The Hall–Kier alpha value is -1.55. The van der Waals surface area contributed by atoms with Crippen molar-refractivity contribution in [3.8, 4) is 5.75 Å². The molecule has 0 aliphatic carbocycles. The van der Waals surface area contributed by atoms with Crippen LogP contribution < -0.4 is 15.8 Å². The monoisotopic (exact) mass is 250 g/mol. The van der Waals surface area contributed by atoms with Gasteiger partial charge in [0, 0.05) is 24.6 Å². The third kappa shape index (κ3) is 3.47. The van der Waals surface area contributed by atoms with Gasteiger partial charge in [0.2, 0.25) is 5.91 Å². The Kier molecular flexibility index (Phi) is 5.16. The van der Waals surface area contributed by atoms with Gasteiger partial charge in [-0.05, 0) is 31.0 Å². The number of aryl methyl sites for hydroxylation is 2. The minimum absolute atomic E-state index is 0.0282. The third-order valence-corrected chi connectivity index (χ3v) is 3.04. The number of hydrogen-bond acceptors (Lipinski definition) is 3. The van der Waals surface area contributed by atoms with Gasteiger partial charge in [0.05, 0.1) is 7.11 Å². The van der Waals surface area contributed by atoms with E-state index in [1.54, 1.807) is 7.11 Å². The van der Waals surface area contributed by atoms with Crippen LogP contribution in [0, 0.1) is 19.8 Å². The van der Waals surface area contributed by atoms with E-state index in [9.17, 15) is 4.79 Å². The van der Waals surface area contributed by atoms with Gasteiger partial charge in [-0.3, -0.25) is 4.79 Å². The van der Waals surface area contributed by atoms with Gasteiger partial charge in [-0.15, -0.1) is 0 Å². The molecule has 1 unspecified atom stereocenters. The molecule has 0 fully saturated rings. The van der Waals surface area contributed by atoms with E-state index in [1.807, 2.05) is 26.8 Å². The minimum atomic E-state index is -0.165. The van der Waals surface area contributed by atoms with Crippen LogP contribution in [0.15, 0.2) is 12.1 Å². The van der Waals surface area contributed by atoms with Crippen molar-refractivity contribution in [3.63, 3.8) is 0 Å². The fourth-order valence-corrected chi connectivity index (χ4v) is 1.82. The number of nitrogens with one attached hydrogen (secondary N) is 1. The van der Waals surface area contributed by atoms with Gasteiger partial charge in [0.1, 0.15) is 5.75 Å². The summed E-state index contributed by atoms with van der Waals surface area (Å²) in [5.74, 6) is 0.620. The molecule has 0 aliphatic rings. The standard InChI is InChI=1S/C14H22N2O2/c1-9-5-10(2)12(13(6-9)18-4)8-16-14(17)11(3)7-15/h5-6,11H,7-8,15H2,1-4H3,(H,16,17). The van der Waals surface area contributed by atoms with Crippen LogP contribution in [-0.2, 0) is 11.3 Å². The summed E-state index contributed by atoms with van der Waals surface area (Å²) in [5.41, 5.74) is 8.74. The van der Waals surface area contributed by atoms with Crippen LogP contribution in [-0.4, -0.2) is 19.6 Å². The summed E-state index contributed by atoms with van der Waals surface area (Å²) in [5, 5.41) is 2.89. The molecule has 0 spiro atoms. The van der Waals surface area contributed by atoms with Gasteiger partial charge in [-0.25, -0.2) is 0 Å². The highest BCUT2D eigenvalue weighted by atomic mass is 16.5. The Morgan fingerprint density at radius 2 is 2.11 bits per heavy atom. The summed E-state index contributed by atoms with van der Waals surface area (Å²) in [4.78, 5) is 11.7. The van der Waals surface area contributed by atoms with Crippen LogP contribution in [0.5, 0.6) is 5.75 Å². The second-order valence-corrected chi connectivity index (χ2v) is 4.62. The largest absolute Gasteiger partial charge is 0.496 e. The quantitative estimate of drug-likeness (QED) is 0.833. The maximum absolute atomic E-state index is 11.7. The van der Waals surface area contributed by atoms with Crippen molar-refractivity contribution in [1.29, 1.82) is 0 Å². The fraction of sp³-hybridized carbons (Fsp3) is 0.500. The molecule has 100 valence electrons. The molecule has 0 bridgehead atoms. The normalized spacial score (nSPS) is 12.1. The van der Waals surface area contributed by atoms with Crippen molar-refractivity contribution < 1.29 is 9.53 Å². The Morgan fingerprint density at radius 3 is 2.67 bits per heavy atom. The molecule has 1 amide bonds. The lowest BCUT2D eigenvalue weighted by Gasteiger charge is -2.15. The summed E-state index contributed by atoms with van der Waals surface area (Å²) < 4.78 is 5.35.